The lowest BCUT2D eigenvalue weighted by Gasteiger charge is -2.32. The lowest BCUT2D eigenvalue weighted by atomic mass is 9.83. The van der Waals surface area contributed by atoms with Gasteiger partial charge in [-0.15, -0.1) is 11.8 Å². The predicted octanol–water partition coefficient (Wildman–Crippen LogP) is 3.51. The molecule has 1 aromatic rings. The Balaban J connectivity index is 1.95. The van der Waals surface area contributed by atoms with Crippen LogP contribution in [0, 0.1) is 11.3 Å². The normalized spacial score (nSPS) is 18.8. The highest BCUT2D eigenvalue weighted by Crippen LogP contribution is 2.29. The van der Waals surface area contributed by atoms with E-state index in [-0.39, 0.29) is 11.2 Å². The largest absolute Gasteiger partial charge is 0.337 e. The zero-order valence-corrected chi connectivity index (χ0v) is 12.6. The summed E-state index contributed by atoms with van der Waals surface area (Å²) in [5.74, 6) is -0.0395. The average Bonchev–Trinajstić information content (AvgIpc) is 2.49. The van der Waals surface area contributed by atoms with Crippen LogP contribution >= 0.6 is 11.8 Å². The molecule has 4 heteroatoms. The molecule has 0 heterocycles. The van der Waals surface area contributed by atoms with Gasteiger partial charge in [-0.1, -0.05) is 37.5 Å². The second-order valence-corrected chi connectivity index (χ2v) is 6.73. The summed E-state index contributed by atoms with van der Waals surface area (Å²) in [5, 5.41) is 12.2. The highest BCUT2D eigenvalue weighted by Gasteiger charge is 2.34. The molecular formula is C16H20N2OS. The van der Waals surface area contributed by atoms with Gasteiger partial charge in [-0.25, -0.2) is 0 Å². The van der Waals surface area contributed by atoms with Crippen LogP contribution in [0.15, 0.2) is 35.2 Å². The molecule has 1 fully saturated rings. The number of nitrogens with zero attached hydrogens (tertiary/aromatic N) is 1. The number of amides is 1. The number of hydrogen-bond donors (Lipinski definition) is 1. The van der Waals surface area contributed by atoms with Gasteiger partial charge in [0.05, 0.1) is 11.3 Å². The van der Waals surface area contributed by atoms with Crippen molar-refractivity contribution < 1.29 is 4.79 Å². The molecule has 1 amide bonds. The van der Waals surface area contributed by atoms with Gasteiger partial charge in [-0.05, 0) is 31.9 Å². The summed E-state index contributed by atoms with van der Waals surface area (Å²) < 4.78 is 0. The molecule has 0 saturated heterocycles. The Labute approximate surface area is 124 Å². The molecule has 1 N–H and O–H groups in total. The van der Waals surface area contributed by atoms with Gasteiger partial charge >= 0.3 is 0 Å². The van der Waals surface area contributed by atoms with Crippen LogP contribution in [0.5, 0.6) is 0 Å². The van der Waals surface area contributed by atoms with Crippen LogP contribution in [0.3, 0.4) is 0 Å². The Morgan fingerprint density at radius 1 is 1.30 bits per heavy atom. The molecule has 0 bridgehead atoms. The van der Waals surface area contributed by atoms with Crippen molar-refractivity contribution in [2.24, 2.45) is 0 Å². The second kappa shape index (κ2) is 6.81. The van der Waals surface area contributed by atoms with Gasteiger partial charge in [0.2, 0.25) is 5.91 Å². The predicted molar refractivity (Wildman–Crippen MR) is 81.3 cm³/mol. The lowest BCUT2D eigenvalue weighted by Crippen LogP contribution is -2.50. The summed E-state index contributed by atoms with van der Waals surface area (Å²) in [6.07, 6.45) is 4.76. The smallest absolute Gasteiger partial charge is 0.234 e. The fourth-order valence-corrected chi connectivity index (χ4v) is 3.40. The van der Waals surface area contributed by atoms with Gasteiger partial charge in [-0.2, -0.15) is 5.26 Å². The number of thioether (sulfide) groups is 1. The molecule has 2 rings (SSSR count). The molecule has 3 nitrogen and oxygen atoms in total. The third kappa shape index (κ3) is 3.77. The molecule has 1 unspecified atom stereocenters. The maximum atomic E-state index is 12.3. The zero-order chi connectivity index (χ0) is 14.4. The Kier molecular flexibility index (Phi) is 5.08. The monoisotopic (exact) mass is 288 g/mol. The second-order valence-electron chi connectivity index (χ2n) is 5.32. The van der Waals surface area contributed by atoms with E-state index >= 15 is 0 Å². The van der Waals surface area contributed by atoms with Crippen molar-refractivity contribution in [1.82, 2.24) is 5.32 Å². The molecule has 0 spiro atoms. The SMILES string of the molecule is CC(Sc1ccccc1)C(=O)NC1(C#N)CCCCC1. The van der Waals surface area contributed by atoms with Crippen molar-refractivity contribution >= 4 is 17.7 Å². The Hall–Kier alpha value is -1.47. The van der Waals surface area contributed by atoms with Gasteiger partial charge in [0, 0.05) is 4.90 Å². The van der Waals surface area contributed by atoms with E-state index in [1.165, 1.54) is 11.8 Å². The number of nitrogens with one attached hydrogen (secondary N) is 1. The summed E-state index contributed by atoms with van der Waals surface area (Å²) >= 11 is 1.53. The molecule has 1 aromatic carbocycles. The van der Waals surface area contributed by atoms with Crippen LogP contribution < -0.4 is 5.32 Å². The topological polar surface area (TPSA) is 52.9 Å². The van der Waals surface area contributed by atoms with E-state index in [1.54, 1.807) is 0 Å². The molecule has 0 radical (unpaired) electrons. The van der Waals surface area contributed by atoms with Crippen LogP contribution in [0.1, 0.15) is 39.0 Å². The first kappa shape index (κ1) is 14.9. The van der Waals surface area contributed by atoms with Crippen LogP contribution in [0.4, 0.5) is 0 Å². The molecular weight excluding hydrogens is 268 g/mol. The van der Waals surface area contributed by atoms with E-state index in [4.69, 9.17) is 0 Å². The van der Waals surface area contributed by atoms with Crippen LogP contribution in [-0.4, -0.2) is 16.7 Å². The van der Waals surface area contributed by atoms with Crippen molar-refractivity contribution in [2.75, 3.05) is 0 Å². The number of carbonyl (C=O) groups excluding carboxylic acids is 1. The van der Waals surface area contributed by atoms with Gasteiger partial charge in [-0.3, -0.25) is 4.79 Å². The molecule has 1 aliphatic rings. The van der Waals surface area contributed by atoms with Crippen molar-refractivity contribution in [3.05, 3.63) is 30.3 Å². The van der Waals surface area contributed by atoms with Crippen LogP contribution in [0.2, 0.25) is 0 Å². The van der Waals surface area contributed by atoms with Crippen molar-refractivity contribution in [2.45, 2.75) is 54.7 Å². The van der Waals surface area contributed by atoms with Crippen molar-refractivity contribution in [3.8, 4) is 6.07 Å². The van der Waals surface area contributed by atoms with E-state index < -0.39 is 5.54 Å². The summed E-state index contributed by atoms with van der Waals surface area (Å²) in [6, 6.07) is 12.2. The van der Waals surface area contributed by atoms with E-state index in [9.17, 15) is 10.1 Å². The quantitative estimate of drug-likeness (QED) is 0.863. The molecule has 106 valence electrons. The minimum absolute atomic E-state index is 0.0395. The van der Waals surface area contributed by atoms with E-state index in [0.717, 1.165) is 37.0 Å². The first-order chi connectivity index (χ1) is 9.65. The molecule has 1 saturated carbocycles. The maximum Gasteiger partial charge on any atom is 0.234 e. The summed E-state index contributed by atoms with van der Waals surface area (Å²) in [6.45, 7) is 1.89. The summed E-state index contributed by atoms with van der Waals surface area (Å²) in [5.41, 5.74) is -0.638. The number of benzene rings is 1. The minimum atomic E-state index is -0.638. The van der Waals surface area contributed by atoms with Gasteiger partial charge in [0.25, 0.3) is 0 Å². The van der Waals surface area contributed by atoms with Crippen molar-refractivity contribution in [1.29, 1.82) is 5.26 Å². The van der Waals surface area contributed by atoms with E-state index in [1.807, 2.05) is 37.3 Å². The Bertz CT molecular complexity index is 489. The number of hydrogen-bond acceptors (Lipinski definition) is 3. The molecule has 0 aliphatic heterocycles. The number of nitriles is 1. The highest BCUT2D eigenvalue weighted by molar-refractivity contribution is 8.00. The molecule has 0 aromatic heterocycles. The number of rotatable bonds is 4. The third-order valence-electron chi connectivity index (χ3n) is 3.71. The molecule has 20 heavy (non-hydrogen) atoms. The van der Waals surface area contributed by atoms with Crippen LogP contribution in [0.25, 0.3) is 0 Å². The Morgan fingerprint density at radius 3 is 2.55 bits per heavy atom. The standard InChI is InChI=1S/C16H20N2OS/c1-13(20-14-8-4-2-5-9-14)15(19)18-16(12-17)10-6-3-7-11-16/h2,4-5,8-9,13H,3,6-7,10-11H2,1H3,(H,18,19). The first-order valence-electron chi connectivity index (χ1n) is 7.10. The Morgan fingerprint density at radius 2 is 1.95 bits per heavy atom. The number of carbonyl (C=O) groups is 1. The first-order valence-corrected chi connectivity index (χ1v) is 7.98. The zero-order valence-electron chi connectivity index (χ0n) is 11.8. The maximum absolute atomic E-state index is 12.3. The summed E-state index contributed by atoms with van der Waals surface area (Å²) in [4.78, 5) is 13.4. The van der Waals surface area contributed by atoms with Gasteiger partial charge in [0.1, 0.15) is 5.54 Å². The van der Waals surface area contributed by atoms with Gasteiger partial charge < -0.3 is 5.32 Å². The van der Waals surface area contributed by atoms with Gasteiger partial charge in [0.15, 0.2) is 0 Å². The highest BCUT2D eigenvalue weighted by atomic mass is 32.2. The average molecular weight is 288 g/mol. The third-order valence-corrected chi connectivity index (χ3v) is 4.82. The molecule has 1 atom stereocenters. The van der Waals surface area contributed by atoms with Crippen molar-refractivity contribution in [3.63, 3.8) is 0 Å². The van der Waals surface area contributed by atoms with E-state index in [0.29, 0.717) is 0 Å². The fourth-order valence-electron chi connectivity index (χ4n) is 2.51. The van der Waals surface area contributed by atoms with Crippen LogP contribution in [-0.2, 0) is 4.79 Å². The fraction of sp³-hybridized carbons (Fsp3) is 0.500. The minimum Gasteiger partial charge on any atom is -0.337 e. The van der Waals surface area contributed by atoms with E-state index in [2.05, 4.69) is 11.4 Å². The molecule has 1 aliphatic carbocycles. The lowest BCUT2D eigenvalue weighted by molar-refractivity contribution is -0.121. The summed E-state index contributed by atoms with van der Waals surface area (Å²) in [7, 11) is 0.